The minimum Gasteiger partial charge on any atom is -0.362 e. The number of pyridine rings is 1. The largest absolute Gasteiger partial charge is 0.439 e. The van der Waals surface area contributed by atoms with Crippen LogP contribution >= 0.6 is 0 Å². The number of hydrazone groups is 1. The fraction of sp³-hybridized carbons (Fsp3) is 0.533. The molecule has 1 aromatic heterocycles. The zero-order valence-corrected chi connectivity index (χ0v) is 12.4. The average molecular weight is 327 g/mol. The van der Waals surface area contributed by atoms with Gasteiger partial charge >= 0.3 is 6.18 Å². The highest BCUT2D eigenvalue weighted by Gasteiger charge is 2.69. The average Bonchev–Trinajstić information content (AvgIpc) is 2.83. The maximum absolute atomic E-state index is 13.6. The minimum absolute atomic E-state index is 0.00155. The van der Waals surface area contributed by atoms with Crippen LogP contribution in [0.25, 0.3) is 0 Å². The van der Waals surface area contributed by atoms with E-state index in [-0.39, 0.29) is 28.6 Å². The van der Waals surface area contributed by atoms with Crippen molar-refractivity contribution in [2.24, 2.45) is 16.9 Å². The first kappa shape index (κ1) is 15.9. The van der Waals surface area contributed by atoms with Gasteiger partial charge in [-0.15, -0.1) is 0 Å². The Bertz CT molecular complexity index is 647. The van der Waals surface area contributed by atoms with Crippen molar-refractivity contribution in [3.63, 3.8) is 0 Å². The summed E-state index contributed by atoms with van der Waals surface area (Å²) in [5.74, 6) is -2.39. The Morgan fingerprint density at radius 2 is 2.00 bits per heavy atom. The van der Waals surface area contributed by atoms with Crippen molar-refractivity contribution in [2.75, 3.05) is 0 Å². The van der Waals surface area contributed by atoms with Crippen molar-refractivity contribution >= 4 is 11.6 Å². The van der Waals surface area contributed by atoms with Gasteiger partial charge in [0.25, 0.3) is 11.6 Å². The second kappa shape index (κ2) is 5.30. The molecule has 0 aromatic carbocycles. The van der Waals surface area contributed by atoms with E-state index in [9.17, 15) is 23.1 Å². The predicted octanol–water partition coefficient (Wildman–Crippen LogP) is 2.58. The lowest BCUT2D eigenvalue weighted by atomic mass is 9.75. The van der Waals surface area contributed by atoms with Crippen LogP contribution in [0.2, 0.25) is 0 Å². The van der Waals surface area contributed by atoms with Crippen molar-refractivity contribution in [3.05, 3.63) is 30.1 Å². The fourth-order valence-electron chi connectivity index (χ4n) is 3.32. The highest BCUT2D eigenvalue weighted by atomic mass is 19.4. The zero-order valence-electron chi connectivity index (χ0n) is 12.4. The van der Waals surface area contributed by atoms with Crippen LogP contribution < -0.4 is 0 Å². The molecule has 0 unspecified atom stereocenters. The first-order chi connectivity index (χ1) is 10.8. The van der Waals surface area contributed by atoms with Crippen molar-refractivity contribution in [1.29, 1.82) is 0 Å². The Labute approximate surface area is 130 Å². The van der Waals surface area contributed by atoms with Crippen LogP contribution in [0.1, 0.15) is 36.5 Å². The van der Waals surface area contributed by atoms with Gasteiger partial charge in [-0.3, -0.25) is 9.78 Å². The number of hydrogen-bond donors (Lipinski definition) is 1. The second-order valence-corrected chi connectivity index (χ2v) is 5.99. The summed E-state index contributed by atoms with van der Waals surface area (Å²) in [7, 11) is 0. The molecule has 8 heteroatoms. The molecule has 2 aliphatic rings. The molecular weight excluding hydrogens is 311 g/mol. The molecule has 0 bridgehead atoms. The molecule has 23 heavy (non-hydrogen) atoms. The molecule has 0 radical (unpaired) electrons. The molecule has 1 amide bonds. The maximum atomic E-state index is 13.6. The van der Waals surface area contributed by atoms with Gasteiger partial charge in [0.15, 0.2) is 0 Å². The number of carbonyl (C=O) groups is 1. The molecule has 1 aliphatic heterocycles. The Kier molecular flexibility index (Phi) is 3.66. The lowest BCUT2D eigenvalue weighted by Crippen LogP contribution is -2.61. The molecule has 0 saturated heterocycles. The molecule has 3 atom stereocenters. The summed E-state index contributed by atoms with van der Waals surface area (Å²) in [5.41, 5.74) is -3.05. The Morgan fingerprint density at radius 3 is 2.61 bits per heavy atom. The van der Waals surface area contributed by atoms with Gasteiger partial charge in [-0.2, -0.15) is 23.3 Å². The van der Waals surface area contributed by atoms with Gasteiger partial charge in [0, 0.05) is 23.7 Å². The number of halogens is 3. The number of fused-ring (bicyclic) bond motifs is 1. The molecule has 5 nitrogen and oxygen atoms in total. The second-order valence-electron chi connectivity index (χ2n) is 5.99. The SMILES string of the molecule is C[C@@H]1CCC[C@@H]2C1=NN(C(=O)c1ccncc1)[C@]2(O)C(F)(F)F. The summed E-state index contributed by atoms with van der Waals surface area (Å²) in [6.45, 7) is 1.77. The fourth-order valence-corrected chi connectivity index (χ4v) is 3.32. The Morgan fingerprint density at radius 1 is 1.35 bits per heavy atom. The van der Waals surface area contributed by atoms with Crippen molar-refractivity contribution in [3.8, 4) is 0 Å². The van der Waals surface area contributed by atoms with E-state index in [4.69, 9.17) is 0 Å². The van der Waals surface area contributed by atoms with E-state index in [1.807, 2.05) is 0 Å². The monoisotopic (exact) mass is 327 g/mol. The van der Waals surface area contributed by atoms with E-state index in [0.29, 0.717) is 12.8 Å². The number of nitrogens with zero attached hydrogens (tertiary/aromatic N) is 3. The van der Waals surface area contributed by atoms with E-state index in [2.05, 4.69) is 10.1 Å². The third-order valence-corrected chi connectivity index (χ3v) is 4.55. The van der Waals surface area contributed by atoms with Crippen LogP contribution in [-0.2, 0) is 0 Å². The number of hydrogen-bond acceptors (Lipinski definition) is 4. The normalized spacial score (nSPS) is 30.8. The van der Waals surface area contributed by atoms with Crippen LogP contribution in [0.5, 0.6) is 0 Å². The lowest BCUT2D eigenvalue weighted by Gasteiger charge is -2.39. The Hall–Kier alpha value is -1.96. The highest BCUT2D eigenvalue weighted by Crippen LogP contribution is 2.49. The summed E-state index contributed by atoms with van der Waals surface area (Å²) < 4.78 is 40.9. The number of aliphatic hydroxyl groups is 1. The quantitative estimate of drug-likeness (QED) is 0.862. The third kappa shape index (κ3) is 2.32. The van der Waals surface area contributed by atoms with Crippen molar-refractivity contribution < 1.29 is 23.1 Å². The smallest absolute Gasteiger partial charge is 0.362 e. The van der Waals surface area contributed by atoms with Crippen molar-refractivity contribution in [2.45, 2.75) is 38.1 Å². The van der Waals surface area contributed by atoms with E-state index in [1.54, 1.807) is 6.92 Å². The molecule has 2 heterocycles. The Balaban J connectivity index is 2.07. The number of alkyl halides is 3. The molecule has 124 valence electrons. The summed E-state index contributed by atoms with van der Waals surface area (Å²) in [5, 5.41) is 14.6. The highest BCUT2D eigenvalue weighted by molar-refractivity contribution is 5.99. The molecule has 1 aliphatic carbocycles. The first-order valence-corrected chi connectivity index (χ1v) is 7.39. The third-order valence-electron chi connectivity index (χ3n) is 4.55. The van der Waals surface area contributed by atoms with Gasteiger partial charge in [-0.25, -0.2) is 0 Å². The standard InChI is InChI=1S/C15H16F3N3O2/c1-9-3-2-4-11-12(9)20-21(14(11,23)15(16,17)18)13(22)10-5-7-19-8-6-10/h5-9,11,23H,2-4H2,1H3/t9-,11-,14-/m1/s1. The number of amides is 1. The molecule has 0 spiro atoms. The molecule has 1 fully saturated rings. The lowest BCUT2D eigenvalue weighted by molar-refractivity contribution is -0.312. The van der Waals surface area contributed by atoms with Crippen LogP contribution in [0, 0.1) is 11.8 Å². The van der Waals surface area contributed by atoms with E-state index < -0.39 is 23.7 Å². The van der Waals surface area contributed by atoms with Crippen molar-refractivity contribution in [1.82, 2.24) is 9.99 Å². The van der Waals surface area contributed by atoms with Crippen LogP contribution in [0.15, 0.2) is 29.6 Å². The van der Waals surface area contributed by atoms with Gasteiger partial charge in [-0.05, 0) is 30.9 Å². The van der Waals surface area contributed by atoms with E-state index >= 15 is 0 Å². The first-order valence-electron chi connectivity index (χ1n) is 7.39. The van der Waals surface area contributed by atoms with Crippen LogP contribution in [0.3, 0.4) is 0 Å². The molecule has 1 N–H and O–H groups in total. The topological polar surface area (TPSA) is 65.8 Å². The van der Waals surface area contributed by atoms with Gasteiger partial charge in [0.1, 0.15) is 0 Å². The molecular formula is C15H16F3N3O2. The molecule has 1 aromatic rings. The van der Waals surface area contributed by atoms with Gasteiger partial charge in [0.2, 0.25) is 0 Å². The maximum Gasteiger partial charge on any atom is 0.439 e. The van der Waals surface area contributed by atoms with Gasteiger partial charge in [0.05, 0.1) is 5.92 Å². The number of aromatic nitrogens is 1. The van der Waals surface area contributed by atoms with Gasteiger partial charge < -0.3 is 5.11 Å². The summed E-state index contributed by atoms with van der Waals surface area (Å²) in [6, 6.07) is 2.59. The summed E-state index contributed by atoms with van der Waals surface area (Å²) in [4.78, 5) is 16.2. The van der Waals surface area contributed by atoms with Crippen LogP contribution in [0.4, 0.5) is 13.2 Å². The zero-order chi connectivity index (χ0) is 16.8. The van der Waals surface area contributed by atoms with Crippen LogP contribution in [-0.4, -0.2) is 38.6 Å². The predicted molar refractivity (Wildman–Crippen MR) is 75.4 cm³/mol. The number of carbonyl (C=O) groups excluding carboxylic acids is 1. The molecule has 1 saturated carbocycles. The van der Waals surface area contributed by atoms with E-state index in [1.165, 1.54) is 24.5 Å². The minimum atomic E-state index is -5.00. The van der Waals surface area contributed by atoms with Gasteiger partial charge in [-0.1, -0.05) is 13.3 Å². The van der Waals surface area contributed by atoms with E-state index in [0.717, 1.165) is 0 Å². The summed E-state index contributed by atoms with van der Waals surface area (Å²) >= 11 is 0. The molecule has 3 rings (SSSR count). The summed E-state index contributed by atoms with van der Waals surface area (Å²) in [6.07, 6.45) is -0.986. The number of rotatable bonds is 1.